The van der Waals surface area contributed by atoms with Gasteiger partial charge in [0.15, 0.2) is 0 Å². The van der Waals surface area contributed by atoms with Crippen molar-refractivity contribution in [1.82, 2.24) is 10.2 Å². The molecular weight excluding hydrogens is 272 g/mol. The average Bonchev–Trinajstić information content (AvgIpc) is 2.47. The van der Waals surface area contributed by atoms with E-state index in [0.29, 0.717) is 19.7 Å². The second-order valence-electron chi connectivity index (χ2n) is 5.12. The number of rotatable bonds is 4. The van der Waals surface area contributed by atoms with Crippen molar-refractivity contribution in [3.05, 3.63) is 35.9 Å². The summed E-state index contributed by atoms with van der Waals surface area (Å²) < 4.78 is 5.36. The average molecular weight is 292 g/mol. The summed E-state index contributed by atoms with van der Waals surface area (Å²) in [4.78, 5) is 24.5. The van der Waals surface area contributed by atoms with Crippen LogP contribution in [0.25, 0.3) is 0 Å². The number of amides is 2. The van der Waals surface area contributed by atoms with Crippen LogP contribution in [0.4, 0.5) is 4.79 Å². The molecule has 114 valence electrons. The highest BCUT2D eigenvalue weighted by atomic mass is 16.5. The van der Waals surface area contributed by atoms with Gasteiger partial charge in [0.05, 0.1) is 25.2 Å². The number of carboxylic acids is 1. The van der Waals surface area contributed by atoms with Gasteiger partial charge >= 0.3 is 12.0 Å². The maximum atomic E-state index is 12.2. The number of ether oxygens (including phenoxy) is 1. The summed E-state index contributed by atoms with van der Waals surface area (Å²) in [5.41, 5.74) is 1.03. The number of hydrogen-bond acceptors (Lipinski definition) is 3. The summed E-state index contributed by atoms with van der Waals surface area (Å²) in [5.74, 6) is -0.917. The minimum absolute atomic E-state index is 0.0853. The highest BCUT2D eigenvalue weighted by molar-refractivity contribution is 5.75. The van der Waals surface area contributed by atoms with E-state index in [1.807, 2.05) is 37.3 Å². The molecular formula is C15H20N2O4. The number of nitrogens with one attached hydrogen (secondary N) is 1. The van der Waals surface area contributed by atoms with E-state index in [4.69, 9.17) is 9.84 Å². The Labute approximate surface area is 123 Å². The molecule has 2 unspecified atom stereocenters. The highest BCUT2D eigenvalue weighted by Crippen LogP contribution is 2.13. The van der Waals surface area contributed by atoms with E-state index in [0.717, 1.165) is 5.56 Å². The molecule has 1 saturated heterocycles. The summed E-state index contributed by atoms with van der Waals surface area (Å²) in [6.07, 6.45) is -0.521. The summed E-state index contributed by atoms with van der Waals surface area (Å²) >= 11 is 0. The fourth-order valence-electron chi connectivity index (χ4n) is 2.32. The van der Waals surface area contributed by atoms with Gasteiger partial charge < -0.3 is 20.1 Å². The van der Waals surface area contributed by atoms with Gasteiger partial charge in [0.1, 0.15) is 0 Å². The zero-order valence-electron chi connectivity index (χ0n) is 12.0. The summed E-state index contributed by atoms with van der Waals surface area (Å²) in [7, 11) is 0. The summed E-state index contributed by atoms with van der Waals surface area (Å²) in [5, 5.41) is 11.7. The number of nitrogens with zero attached hydrogens (tertiary/aromatic N) is 1. The van der Waals surface area contributed by atoms with Crippen LogP contribution in [0.5, 0.6) is 0 Å². The third kappa shape index (κ3) is 4.46. The predicted octanol–water partition coefficient (Wildman–Crippen LogP) is 1.63. The van der Waals surface area contributed by atoms with Gasteiger partial charge in [-0.15, -0.1) is 0 Å². The maximum absolute atomic E-state index is 12.2. The molecule has 2 rings (SSSR count). The van der Waals surface area contributed by atoms with Gasteiger partial charge in [0, 0.05) is 13.1 Å². The number of carbonyl (C=O) groups is 2. The predicted molar refractivity (Wildman–Crippen MR) is 77.0 cm³/mol. The van der Waals surface area contributed by atoms with Crippen molar-refractivity contribution >= 4 is 12.0 Å². The second kappa shape index (κ2) is 7.08. The van der Waals surface area contributed by atoms with Crippen molar-refractivity contribution in [3.63, 3.8) is 0 Å². The molecule has 1 aromatic carbocycles. The number of carbonyl (C=O) groups excluding carboxylic acids is 1. The van der Waals surface area contributed by atoms with Crippen molar-refractivity contribution in [2.24, 2.45) is 0 Å². The van der Waals surface area contributed by atoms with Crippen molar-refractivity contribution in [2.45, 2.75) is 25.5 Å². The third-order valence-electron chi connectivity index (χ3n) is 3.47. The zero-order valence-corrected chi connectivity index (χ0v) is 12.0. The number of aliphatic carboxylic acids is 1. The molecule has 1 aromatic rings. The lowest BCUT2D eigenvalue weighted by Crippen LogP contribution is -2.50. The quantitative estimate of drug-likeness (QED) is 0.884. The Kier molecular flexibility index (Phi) is 5.16. The van der Waals surface area contributed by atoms with Crippen LogP contribution in [0.3, 0.4) is 0 Å². The summed E-state index contributed by atoms with van der Waals surface area (Å²) in [6.45, 7) is 3.07. The molecule has 0 radical (unpaired) electrons. The molecule has 0 aliphatic carbocycles. The van der Waals surface area contributed by atoms with Gasteiger partial charge in [-0.3, -0.25) is 4.79 Å². The van der Waals surface area contributed by atoms with Gasteiger partial charge in [-0.1, -0.05) is 30.3 Å². The van der Waals surface area contributed by atoms with Gasteiger partial charge in [-0.05, 0) is 12.5 Å². The first-order valence-corrected chi connectivity index (χ1v) is 7.00. The Morgan fingerprint density at radius 3 is 2.81 bits per heavy atom. The molecule has 0 bridgehead atoms. The number of benzene rings is 1. The van der Waals surface area contributed by atoms with Gasteiger partial charge in [-0.25, -0.2) is 4.79 Å². The molecule has 1 aliphatic rings. The Morgan fingerprint density at radius 2 is 2.14 bits per heavy atom. The van der Waals surface area contributed by atoms with Crippen LogP contribution in [0.1, 0.15) is 24.9 Å². The molecule has 6 heteroatoms. The molecule has 1 fully saturated rings. The Hall–Kier alpha value is -2.08. The van der Waals surface area contributed by atoms with E-state index >= 15 is 0 Å². The number of urea groups is 1. The summed E-state index contributed by atoms with van der Waals surface area (Å²) in [6, 6.07) is 9.40. The normalized spacial score (nSPS) is 19.9. The Bertz CT molecular complexity index is 492. The monoisotopic (exact) mass is 292 g/mol. The van der Waals surface area contributed by atoms with E-state index in [2.05, 4.69) is 5.32 Å². The maximum Gasteiger partial charge on any atom is 0.318 e. The lowest BCUT2D eigenvalue weighted by molar-refractivity contribution is -0.141. The lowest BCUT2D eigenvalue weighted by atomic mass is 10.1. The van der Waals surface area contributed by atoms with Crippen LogP contribution in [0.2, 0.25) is 0 Å². The molecule has 1 heterocycles. The van der Waals surface area contributed by atoms with Crippen molar-refractivity contribution < 1.29 is 19.4 Å². The fraction of sp³-hybridized carbons (Fsp3) is 0.467. The van der Waals surface area contributed by atoms with Crippen molar-refractivity contribution in [2.75, 3.05) is 19.7 Å². The first-order chi connectivity index (χ1) is 10.1. The van der Waals surface area contributed by atoms with E-state index in [1.54, 1.807) is 4.90 Å². The minimum atomic E-state index is -0.917. The van der Waals surface area contributed by atoms with Gasteiger partial charge in [0.25, 0.3) is 0 Å². The van der Waals surface area contributed by atoms with Crippen molar-refractivity contribution in [3.8, 4) is 0 Å². The van der Waals surface area contributed by atoms with Crippen molar-refractivity contribution in [1.29, 1.82) is 0 Å². The van der Waals surface area contributed by atoms with E-state index in [1.165, 1.54) is 0 Å². The van der Waals surface area contributed by atoms with E-state index in [-0.39, 0.29) is 18.5 Å². The lowest BCUT2D eigenvalue weighted by Gasteiger charge is -2.33. The number of morpholine rings is 1. The van der Waals surface area contributed by atoms with Crippen LogP contribution in [-0.2, 0) is 9.53 Å². The van der Waals surface area contributed by atoms with E-state index in [9.17, 15) is 9.59 Å². The van der Waals surface area contributed by atoms with Crippen LogP contribution < -0.4 is 5.32 Å². The standard InChI is InChI=1S/C15H20N2O4/c1-11(12-5-3-2-4-6-12)16-15(20)17-7-8-21-13(10-17)9-14(18)19/h2-6,11,13H,7-10H2,1H3,(H,16,20)(H,18,19). The fourth-order valence-corrected chi connectivity index (χ4v) is 2.32. The molecule has 6 nitrogen and oxygen atoms in total. The van der Waals surface area contributed by atoms with Crippen LogP contribution in [-0.4, -0.2) is 47.8 Å². The Balaban J connectivity index is 1.89. The molecule has 0 saturated carbocycles. The molecule has 1 aliphatic heterocycles. The van der Waals surface area contributed by atoms with Gasteiger partial charge in [0.2, 0.25) is 0 Å². The third-order valence-corrected chi connectivity index (χ3v) is 3.47. The second-order valence-corrected chi connectivity index (χ2v) is 5.12. The first-order valence-electron chi connectivity index (χ1n) is 7.00. The van der Waals surface area contributed by atoms with Crippen LogP contribution in [0.15, 0.2) is 30.3 Å². The minimum Gasteiger partial charge on any atom is -0.481 e. The molecule has 2 N–H and O–H groups in total. The Morgan fingerprint density at radius 1 is 1.43 bits per heavy atom. The zero-order chi connectivity index (χ0) is 15.2. The largest absolute Gasteiger partial charge is 0.481 e. The number of hydrogen-bond donors (Lipinski definition) is 2. The van der Waals surface area contributed by atoms with E-state index < -0.39 is 12.1 Å². The molecule has 0 aromatic heterocycles. The topological polar surface area (TPSA) is 78.9 Å². The molecule has 2 atom stereocenters. The molecule has 21 heavy (non-hydrogen) atoms. The smallest absolute Gasteiger partial charge is 0.318 e. The van der Waals surface area contributed by atoms with Crippen LogP contribution in [0, 0.1) is 0 Å². The number of carboxylic acid groups (broad SMARTS) is 1. The SMILES string of the molecule is CC(NC(=O)N1CCOC(CC(=O)O)C1)c1ccccc1. The van der Waals surface area contributed by atoms with Gasteiger partial charge in [-0.2, -0.15) is 0 Å². The molecule has 2 amide bonds. The van der Waals surface area contributed by atoms with Crippen LogP contribution >= 0.6 is 0 Å². The first kappa shape index (κ1) is 15.3. The highest BCUT2D eigenvalue weighted by Gasteiger charge is 2.26. The molecule has 0 spiro atoms.